The minimum absolute atomic E-state index is 0.0161. The number of nitrogens with two attached hydrogens (primary N) is 1. The summed E-state index contributed by atoms with van der Waals surface area (Å²) in [6, 6.07) is 6.41. The fourth-order valence-electron chi connectivity index (χ4n) is 6.35. The van der Waals surface area contributed by atoms with Crippen LogP contribution in [0.15, 0.2) is 48.0 Å². The Kier molecular flexibility index (Phi) is 11.2. The summed E-state index contributed by atoms with van der Waals surface area (Å²) >= 11 is 0. The van der Waals surface area contributed by atoms with Gasteiger partial charge in [0, 0.05) is 57.7 Å². The number of aromatic nitrogens is 7. The lowest BCUT2D eigenvalue weighted by molar-refractivity contribution is 0.516. The van der Waals surface area contributed by atoms with Crippen LogP contribution in [-0.2, 0) is 39.5 Å². The first-order valence-electron chi connectivity index (χ1n) is 18.0. The second-order valence-corrected chi connectivity index (χ2v) is 20.0. The first kappa shape index (κ1) is 41.4. The van der Waals surface area contributed by atoms with Crippen LogP contribution in [0.25, 0.3) is 11.2 Å². The number of hydrogen-bond acceptors (Lipinski definition) is 6. The highest BCUT2D eigenvalue weighted by Crippen LogP contribution is 2.32. The molecule has 0 aliphatic carbocycles. The Morgan fingerprint density at radius 3 is 1.63 bits per heavy atom. The topological polar surface area (TPSA) is 108 Å². The molecule has 0 fully saturated rings. The molecular formula is C42H66N8O. The maximum absolute atomic E-state index is 12.4. The molecule has 0 saturated carbocycles. The van der Waals surface area contributed by atoms with Crippen molar-refractivity contribution in [2.24, 2.45) is 7.05 Å². The van der Waals surface area contributed by atoms with Crippen LogP contribution >= 0.6 is 0 Å². The van der Waals surface area contributed by atoms with Crippen molar-refractivity contribution in [3.8, 4) is 0 Å². The summed E-state index contributed by atoms with van der Waals surface area (Å²) in [6.45, 7) is 38.6. The van der Waals surface area contributed by atoms with Gasteiger partial charge in [-0.3, -0.25) is 9.20 Å². The molecule has 280 valence electrons. The Balaban J connectivity index is 0.000000207. The van der Waals surface area contributed by atoms with Gasteiger partial charge in [-0.15, -0.1) is 10.2 Å². The van der Waals surface area contributed by atoms with Crippen molar-refractivity contribution >= 4 is 16.9 Å². The van der Waals surface area contributed by atoms with Crippen LogP contribution in [0.2, 0.25) is 0 Å². The normalized spacial score (nSPS) is 13.2. The molecule has 51 heavy (non-hydrogen) atoms. The smallest absolute Gasteiger partial charge is 0.256 e. The second-order valence-electron chi connectivity index (χ2n) is 20.0. The molecule has 0 atom stereocenters. The van der Waals surface area contributed by atoms with E-state index >= 15 is 0 Å². The summed E-state index contributed by atoms with van der Waals surface area (Å²) in [6.07, 6.45) is 7.57. The highest BCUT2D eigenvalue weighted by Gasteiger charge is 2.27. The highest BCUT2D eigenvalue weighted by molar-refractivity contribution is 5.58. The lowest BCUT2D eigenvalue weighted by Gasteiger charge is -2.27. The van der Waals surface area contributed by atoms with E-state index in [4.69, 9.17) is 5.73 Å². The second kappa shape index (κ2) is 13.8. The van der Waals surface area contributed by atoms with E-state index in [0.717, 1.165) is 22.7 Å². The molecular weight excluding hydrogens is 633 g/mol. The van der Waals surface area contributed by atoms with Gasteiger partial charge in [0.05, 0.1) is 18.0 Å². The zero-order valence-electron chi connectivity index (χ0n) is 35.2. The van der Waals surface area contributed by atoms with Gasteiger partial charge in [-0.25, -0.2) is 9.97 Å². The molecule has 0 bridgehead atoms. The molecule has 0 saturated heterocycles. The third-order valence-corrected chi connectivity index (χ3v) is 8.95. The number of imidazole rings is 1. The first-order valence-corrected chi connectivity index (χ1v) is 18.0. The number of nitrogens with zero attached hydrogens (tertiary/aromatic N) is 7. The van der Waals surface area contributed by atoms with Crippen LogP contribution in [0.1, 0.15) is 159 Å². The quantitative estimate of drug-likeness (QED) is 0.173. The lowest BCUT2D eigenvalue weighted by Crippen LogP contribution is -2.35. The van der Waals surface area contributed by atoms with E-state index in [0.29, 0.717) is 11.3 Å². The number of rotatable bonds is 0. The Hall–Kier alpha value is -4.01. The predicted molar refractivity (Wildman–Crippen MR) is 214 cm³/mol. The van der Waals surface area contributed by atoms with Crippen LogP contribution in [-0.4, -0.2) is 33.5 Å². The van der Waals surface area contributed by atoms with Gasteiger partial charge in [0.2, 0.25) is 0 Å². The van der Waals surface area contributed by atoms with Crippen LogP contribution in [0, 0.1) is 0 Å². The summed E-state index contributed by atoms with van der Waals surface area (Å²) in [5, 5.41) is 8.25. The molecule has 2 N–H and O–H groups in total. The van der Waals surface area contributed by atoms with Crippen LogP contribution in [0.4, 0.5) is 5.69 Å². The van der Waals surface area contributed by atoms with Crippen molar-refractivity contribution in [2.45, 2.75) is 157 Å². The Morgan fingerprint density at radius 1 is 0.608 bits per heavy atom. The van der Waals surface area contributed by atoms with E-state index in [1.807, 2.05) is 57.0 Å². The summed E-state index contributed by atoms with van der Waals surface area (Å²) < 4.78 is 5.94. The van der Waals surface area contributed by atoms with E-state index in [-0.39, 0.29) is 38.0 Å². The minimum Gasteiger partial charge on any atom is -0.398 e. The number of anilines is 1. The lowest BCUT2D eigenvalue weighted by atomic mass is 9.84. The fraction of sp³-hybridized carbons (Fsp3) is 0.595. The molecule has 0 radical (unpaired) electrons. The monoisotopic (exact) mass is 699 g/mol. The minimum atomic E-state index is -0.227. The average Bonchev–Trinajstić information content (AvgIpc) is 3.61. The summed E-state index contributed by atoms with van der Waals surface area (Å²) in [5.74, 6) is 0.991. The summed E-state index contributed by atoms with van der Waals surface area (Å²) in [4.78, 5) is 21.3. The molecule has 0 amide bonds. The van der Waals surface area contributed by atoms with Crippen LogP contribution in [0.5, 0.6) is 0 Å². The van der Waals surface area contributed by atoms with Crippen molar-refractivity contribution in [3.05, 3.63) is 87.5 Å². The maximum atomic E-state index is 12.4. The van der Waals surface area contributed by atoms with E-state index in [1.165, 1.54) is 16.8 Å². The van der Waals surface area contributed by atoms with Crippen molar-refractivity contribution < 1.29 is 0 Å². The van der Waals surface area contributed by atoms with Gasteiger partial charge in [-0.1, -0.05) is 131 Å². The van der Waals surface area contributed by atoms with E-state index in [2.05, 4.69) is 141 Å². The first-order chi connectivity index (χ1) is 22.9. The molecule has 0 unspecified atom stereocenters. The molecule has 0 spiro atoms. The Bertz CT molecular complexity index is 1840. The zero-order chi connectivity index (χ0) is 39.3. The molecule has 5 rings (SSSR count). The van der Waals surface area contributed by atoms with Crippen LogP contribution < -0.4 is 11.3 Å². The predicted octanol–water partition coefficient (Wildman–Crippen LogP) is 9.21. The Morgan fingerprint density at radius 2 is 1.16 bits per heavy atom. The fourth-order valence-corrected chi connectivity index (χ4v) is 6.35. The standard InChI is InChI=1S/C15H22N2.C14H24N2O.C13H20N4/c1-14(2,3)11-7-8-13(15(4,5)6)17-10-16-9-12(11)17;1-13(2,3)10-8-9(15)11(14(4,5)6)12(17)16(10)7;1-12(2,3)9-7-14-11(13(4,5)6)17-8-15-16-10(9)17/h7-10H,1-6H3;8H,15H2,1-7H3;7-8H,1-6H3. The maximum Gasteiger partial charge on any atom is 0.256 e. The molecule has 9 nitrogen and oxygen atoms in total. The van der Waals surface area contributed by atoms with Crippen molar-refractivity contribution in [1.29, 1.82) is 0 Å². The molecule has 5 aromatic heterocycles. The molecule has 0 aliphatic rings. The van der Waals surface area contributed by atoms with Gasteiger partial charge in [0.25, 0.3) is 5.56 Å². The third kappa shape index (κ3) is 9.27. The third-order valence-electron chi connectivity index (χ3n) is 8.95. The van der Waals surface area contributed by atoms with Gasteiger partial charge in [0.1, 0.15) is 12.2 Å². The zero-order valence-corrected chi connectivity index (χ0v) is 35.2. The number of pyridine rings is 2. The van der Waals surface area contributed by atoms with E-state index in [1.54, 1.807) is 10.9 Å². The molecule has 5 aromatic rings. The largest absolute Gasteiger partial charge is 0.398 e. The van der Waals surface area contributed by atoms with Crippen LogP contribution in [0.3, 0.4) is 0 Å². The SMILES string of the molecule is CC(C)(C)c1ccc(C(C)(C)C)n2cncc12.CC(C)(C)c1cnc(C(C)(C)C)n2cnnc12.Cn1c(C(C)(C)C)cc(N)c(C(C)(C)C)c1=O. The van der Waals surface area contributed by atoms with Crippen molar-refractivity contribution in [2.75, 3.05) is 5.73 Å². The molecule has 0 aromatic carbocycles. The molecule has 0 aliphatic heterocycles. The van der Waals surface area contributed by atoms with Crippen molar-refractivity contribution in [3.63, 3.8) is 0 Å². The van der Waals surface area contributed by atoms with Gasteiger partial charge in [-0.2, -0.15) is 0 Å². The average molecular weight is 699 g/mol. The summed E-state index contributed by atoms with van der Waals surface area (Å²) in [5.41, 5.74) is 14.3. The summed E-state index contributed by atoms with van der Waals surface area (Å²) in [7, 11) is 1.82. The highest BCUT2D eigenvalue weighted by atomic mass is 16.1. The van der Waals surface area contributed by atoms with E-state index < -0.39 is 0 Å². The van der Waals surface area contributed by atoms with E-state index in [9.17, 15) is 4.79 Å². The van der Waals surface area contributed by atoms with Gasteiger partial charge in [-0.05, 0) is 33.9 Å². The van der Waals surface area contributed by atoms with Gasteiger partial charge >= 0.3 is 0 Å². The Labute approximate surface area is 307 Å². The van der Waals surface area contributed by atoms with Crippen molar-refractivity contribution in [1.82, 2.24) is 33.5 Å². The van der Waals surface area contributed by atoms with Gasteiger partial charge in [0.15, 0.2) is 5.65 Å². The number of fused-ring (bicyclic) bond motifs is 2. The number of hydrogen-bond donors (Lipinski definition) is 1. The molecule has 9 heteroatoms. The number of nitrogen functional groups attached to an aromatic ring is 1. The molecule has 5 heterocycles. The van der Waals surface area contributed by atoms with Gasteiger partial charge < -0.3 is 14.7 Å².